The number of benzene rings is 1. The third-order valence-electron chi connectivity index (χ3n) is 9.48. The Hall–Kier alpha value is -3.34. The highest BCUT2D eigenvalue weighted by atomic mass is 16.7. The van der Waals surface area contributed by atoms with Crippen molar-refractivity contribution in [3.63, 3.8) is 0 Å². The average molecular weight is 641 g/mol. The van der Waals surface area contributed by atoms with Gasteiger partial charge in [0.25, 0.3) is 0 Å². The second-order valence-corrected chi connectivity index (χ2v) is 12.4. The number of aliphatic hydroxyl groups excluding tert-OH is 2. The average Bonchev–Trinajstić information content (AvgIpc) is 3.05. The number of allylic oxidation sites excluding steroid dienone is 1. The molecule has 1 aromatic carbocycles. The van der Waals surface area contributed by atoms with Gasteiger partial charge in [0.05, 0.1) is 24.8 Å². The molecule has 254 valence electrons. The van der Waals surface area contributed by atoms with Crippen LogP contribution in [0.25, 0.3) is 0 Å². The van der Waals surface area contributed by atoms with Gasteiger partial charge in [-0.2, -0.15) is 0 Å². The Kier molecular flexibility index (Phi) is 13.1. The number of oxime groups is 1. The number of hydrogen-bond donors (Lipinski definition) is 3. The molecule has 46 heavy (non-hydrogen) atoms. The van der Waals surface area contributed by atoms with E-state index in [1.807, 2.05) is 6.92 Å². The topological polar surface area (TPSA) is 130 Å². The van der Waals surface area contributed by atoms with Gasteiger partial charge in [-0.3, -0.25) is 4.90 Å². The molecule has 1 fully saturated rings. The van der Waals surface area contributed by atoms with E-state index in [-0.39, 0.29) is 49.9 Å². The Morgan fingerprint density at radius 2 is 1.91 bits per heavy atom. The van der Waals surface area contributed by atoms with Crippen LogP contribution in [0.1, 0.15) is 76.2 Å². The Morgan fingerprint density at radius 1 is 1.15 bits per heavy atom. The van der Waals surface area contributed by atoms with Crippen LogP contribution in [0.4, 0.5) is 4.79 Å². The van der Waals surface area contributed by atoms with E-state index in [0.717, 1.165) is 36.8 Å². The largest absolute Gasteiger partial charge is 0.508 e. The number of aromatic hydroxyl groups is 1. The van der Waals surface area contributed by atoms with E-state index >= 15 is 0 Å². The molecule has 10 heteroatoms. The number of amides is 1. The molecule has 1 saturated carbocycles. The minimum absolute atomic E-state index is 0.0943. The minimum Gasteiger partial charge on any atom is -0.508 e. The molecule has 1 aromatic rings. The molecule has 2 aliphatic carbocycles. The maximum absolute atomic E-state index is 13.8. The fourth-order valence-electron chi connectivity index (χ4n) is 7.70. The number of phenolic OH excluding ortho intramolecular Hbond substituents is 1. The van der Waals surface area contributed by atoms with Crippen LogP contribution in [0.3, 0.4) is 0 Å². The quantitative estimate of drug-likeness (QED) is 0.100. The van der Waals surface area contributed by atoms with Crippen LogP contribution in [0.5, 0.6) is 11.5 Å². The fraction of sp³-hybridized carbons (Fsp3) is 0.611. The monoisotopic (exact) mass is 640 g/mol. The van der Waals surface area contributed by atoms with Crippen LogP contribution < -0.4 is 4.74 Å². The first-order chi connectivity index (χ1) is 22.4. The van der Waals surface area contributed by atoms with Crippen LogP contribution in [0, 0.1) is 17.8 Å². The summed E-state index contributed by atoms with van der Waals surface area (Å²) in [6.07, 6.45) is 11.5. The maximum Gasteiger partial charge on any atom is 0.410 e. The van der Waals surface area contributed by atoms with Gasteiger partial charge < -0.3 is 34.4 Å². The lowest BCUT2D eigenvalue weighted by molar-refractivity contribution is -0.255. The summed E-state index contributed by atoms with van der Waals surface area (Å²) >= 11 is 0. The highest BCUT2D eigenvalue weighted by molar-refractivity contribution is 6.02. The number of carbonyl (C=O) groups excluding carboxylic acids is 1. The van der Waals surface area contributed by atoms with Crippen LogP contribution in [0.2, 0.25) is 0 Å². The highest BCUT2D eigenvalue weighted by Crippen LogP contribution is 2.61. The van der Waals surface area contributed by atoms with Crippen molar-refractivity contribution in [1.82, 2.24) is 4.90 Å². The normalized spacial score (nSPS) is 27.1. The molecule has 10 nitrogen and oxygen atoms in total. The third-order valence-corrected chi connectivity index (χ3v) is 9.48. The SMILES string of the molecule is C=CCCOC(=O)N(CCC)[C@H]1CC(=NOC)C2=C[C@H](CCCCO)[C@@H](CCCCO)[C@@H]3c4cc(O)ccc4O[C@@]1(OCC=C)[C@H]23. The van der Waals surface area contributed by atoms with Crippen LogP contribution in [-0.4, -0.2) is 83.9 Å². The fourth-order valence-corrected chi connectivity index (χ4v) is 7.70. The molecule has 0 spiro atoms. The van der Waals surface area contributed by atoms with E-state index in [9.17, 15) is 20.1 Å². The van der Waals surface area contributed by atoms with Gasteiger partial charge in [-0.05, 0) is 74.1 Å². The second-order valence-electron chi connectivity index (χ2n) is 12.4. The molecule has 0 radical (unpaired) electrons. The zero-order chi connectivity index (χ0) is 33.1. The Bertz CT molecular complexity index is 1250. The van der Waals surface area contributed by atoms with E-state index in [4.69, 9.17) is 19.0 Å². The van der Waals surface area contributed by atoms with Crippen molar-refractivity contribution in [2.45, 2.75) is 82.5 Å². The number of carbonyl (C=O) groups is 1. The molecule has 4 rings (SSSR count). The molecule has 1 aliphatic heterocycles. The van der Waals surface area contributed by atoms with Crippen molar-refractivity contribution in [2.24, 2.45) is 22.9 Å². The highest BCUT2D eigenvalue weighted by Gasteiger charge is 2.65. The number of fused-ring (bicyclic) bond motifs is 2. The van der Waals surface area contributed by atoms with Gasteiger partial charge in [0, 0.05) is 37.7 Å². The number of hydrogen-bond acceptors (Lipinski definition) is 9. The molecule has 6 atom stereocenters. The molecule has 1 heterocycles. The van der Waals surface area contributed by atoms with Crippen molar-refractivity contribution >= 4 is 11.8 Å². The van der Waals surface area contributed by atoms with Crippen molar-refractivity contribution in [3.8, 4) is 11.5 Å². The summed E-state index contributed by atoms with van der Waals surface area (Å²) in [6, 6.07) is 4.55. The lowest BCUT2D eigenvalue weighted by atomic mass is 9.55. The molecule has 0 saturated heterocycles. The number of phenols is 1. The summed E-state index contributed by atoms with van der Waals surface area (Å²) in [4.78, 5) is 21.0. The maximum atomic E-state index is 13.8. The third kappa shape index (κ3) is 7.45. The van der Waals surface area contributed by atoms with Gasteiger partial charge in [0.15, 0.2) is 0 Å². The Labute approximate surface area is 273 Å². The number of rotatable bonds is 18. The molecule has 3 aliphatic rings. The number of ether oxygens (including phenoxy) is 3. The van der Waals surface area contributed by atoms with Crippen molar-refractivity contribution in [1.29, 1.82) is 0 Å². The molecule has 0 unspecified atom stereocenters. The number of nitrogens with zero attached hydrogens (tertiary/aromatic N) is 2. The molecule has 1 amide bonds. The molecule has 3 N–H and O–H groups in total. The summed E-state index contributed by atoms with van der Waals surface area (Å²) in [5.74, 6) is -0.969. The standard InChI is InChI=1S/C36H52N2O8/c1-5-8-21-44-35(42)38(17-6-2)32-24-30(37-43-4)28-22-25(13-9-11-18-39)27(14-10-12-19-40)33-29-23-26(41)15-16-31(29)46-36(32,34(28)33)45-20-7-3/h5,7,15-16,22-23,25,27,32-34,39-41H,1,3,6,8-14,17-21,24H2,2,4H3/t25-,27+,32-,33+,34+,36+/m0/s1. The molecular weight excluding hydrogens is 588 g/mol. The summed E-state index contributed by atoms with van der Waals surface area (Å²) in [5.41, 5.74) is 2.54. The molecule has 0 aromatic heterocycles. The van der Waals surface area contributed by atoms with E-state index in [1.54, 1.807) is 35.3 Å². The van der Waals surface area contributed by atoms with E-state index < -0.39 is 23.8 Å². The van der Waals surface area contributed by atoms with Crippen molar-refractivity contribution in [3.05, 3.63) is 60.7 Å². The second kappa shape index (κ2) is 17.0. The lowest BCUT2D eigenvalue weighted by Gasteiger charge is -2.59. The van der Waals surface area contributed by atoms with Crippen LogP contribution >= 0.6 is 0 Å². The Morgan fingerprint density at radius 3 is 2.59 bits per heavy atom. The van der Waals surface area contributed by atoms with Gasteiger partial charge in [-0.15, -0.1) is 13.2 Å². The molecular formula is C36H52N2O8. The van der Waals surface area contributed by atoms with Crippen molar-refractivity contribution in [2.75, 3.05) is 40.1 Å². The van der Waals surface area contributed by atoms with Gasteiger partial charge >= 0.3 is 6.09 Å². The minimum atomic E-state index is -1.33. The van der Waals surface area contributed by atoms with Gasteiger partial charge in [-0.1, -0.05) is 43.1 Å². The van der Waals surface area contributed by atoms with Crippen LogP contribution in [-0.2, 0) is 14.3 Å². The first-order valence-corrected chi connectivity index (χ1v) is 16.7. The Balaban J connectivity index is 1.98. The summed E-state index contributed by atoms with van der Waals surface area (Å²) in [6.45, 7) is 10.7. The predicted octanol–water partition coefficient (Wildman–Crippen LogP) is 6.08. The van der Waals surface area contributed by atoms with E-state index in [2.05, 4.69) is 24.4 Å². The van der Waals surface area contributed by atoms with Gasteiger partial charge in [0.2, 0.25) is 5.79 Å². The lowest BCUT2D eigenvalue weighted by Crippen LogP contribution is -2.70. The first kappa shape index (κ1) is 35.5. The summed E-state index contributed by atoms with van der Waals surface area (Å²) < 4.78 is 19.6. The number of aliphatic hydroxyl groups is 2. The summed E-state index contributed by atoms with van der Waals surface area (Å²) in [5, 5.41) is 34.6. The van der Waals surface area contributed by atoms with Crippen molar-refractivity contribution < 1.29 is 39.2 Å². The van der Waals surface area contributed by atoms with Gasteiger partial charge in [-0.25, -0.2) is 4.79 Å². The van der Waals surface area contributed by atoms with E-state index in [0.29, 0.717) is 50.1 Å². The molecule has 0 bridgehead atoms. The zero-order valence-corrected chi connectivity index (χ0v) is 27.4. The summed E-state index contributed by atoms with van der Waals surface area (Å²) in [7, 11) is 1.52. The van der Waals surface area contributed by atoms with Gasteiger partial charge in [0.1, 0.15) is 24.7 Å². The first-order valence-electron chi connectivity index (χ1n) is 16.7. The van der Waals surface area contributed by atoms with Crippen LogP contribution in [0.15, 0.2) is 60.3 Å². The zero-order valence-electron chi connectivity index (χ0n) is 27.4. The van der Waals surface area contributed by atoms with E-state index in [1.165, 1.54) is 7.11 Å². The number of unbranched alkanes of at least 4 members (excludes halogenated alkanes) is 2. The predicted molar refractivity (Wildman–Crippen MR) is 177 cm³/mol. The smallest absolute Gasteiger partial charge is 0.410 e.